The van der Waals surface area contributed by atoms with E-state index in [1.54, 1.807) is 0 Å². The Hall–Kier alpha value is -1.35. The lowest BCUT2D eigenvalue weighted by Gasteiger charge is -2.01. The van der Waals surface area contributed by atoms with Crippen LogP contribution < -0.4 is 5.14 Å². The first-order valence-electron chi connectivity index (χ1n) is 4.20. The van der Waals surface area contributed by atoms with E-state index >= 15 is 0 Å². The molecule has 0 bridgehead atoms. The van der Waals surface area contributed by atoms with Crippen molar-refractivity contribution in [3.05, 3.63) is 28.8 Å². The number of halogens is 1. The second-order valence-corrected chi connectivity index (χ2v) is 4.80. The molecule has 84 valence electrons. The number of hydrogen-bond acceptors (Lipinski definition) is 3. The van der Waals surface area contributed by atoms with Crippen LogP contribution in [0.1, 0.15) is 12.0 Å². The van der Waals surface area contributed by atoms with Crippen molar-refractivity contribution in [2.24, 2.45) is 5.14 Å². The minimum absolute atomic E-state index is 0.0143. The van der Waals surface area contributed by atoms with E-state index in [1.165, 1.54) is 18.2 Å². The van der Waals surface area contributed by atoms with Crippen LogP contribution in [-0.2, 0) is 14.8 Å². The first-order chi connectivity index (χ1) is 7.45. The highest BCUT2D eigenvalue weighted by Crippen LogP contribution is 2.20. The van der Waals surface area contributed by atoms with E-state index in [2.05, 4.69) is 11.8 Å². The van der Waals surface area contributed by atoms with Crippen LogP contribution in [0.5, 0.6) is 0 Å². The normalized spacial score (nSPS) is 10.4. The van der Waals surface area contributed by atoms with Gasteiger partial charge in [0.05, 0.1) is 11.4 Å². The summed E-state index contributed by atoms with van der Waals surface area (Å²) in [5, 5.41) is 4.95. The fourth-order valence-electron chi connectivity index (χ4n) is 1.00. The minimum atomic E-state index is -3.81. The topological polar surface area (TPSA) is 77.2 Å². The molecule has 0 aliphatic heterocycles. The largest absolute Gasteiger partial charge is 0.302 e. The highest BCUT2D eigenvalue weighted by molar-refractivity contribution is 7.89. The van der Waals surface area contributed by atoms with Crippen LogP contribution in [0.25, 0.3) is 0 Å². The molecule has 0 unspecified atom stereocenters. The highest BCUT2D eigenvalue weighted by atomic mass is 35.5. The summed E-state index contributed by atoms with van der Waals surface area (Å²) in [6, 6.07) is 4.14. The molecule has 6 heteroatoms. The molecule has 0 spiro atoms. The number of sulfonamides is 1. The molecule has 0 amide bonds. The van der Waals surface area contributed by atoms with Crippen LogP contribution in [0, 0.1) is 11.8 Å². The summed E-state index contributed by atoms with van der Waals surface area (Å²) in [6.45, 7) is 0. The smallest absolute Gasteiger partial charge is 0.239 e. The van der Waals surface area contributed by atoms with E-state index in [-0.39, 0.29) is 16.3 Å². The highest BCUT2D eigenvalue weighted by Gasteiger charge is 2.12. The molecule has 1 aromatic rings. The van der Waals surface area contributed by atoms with Crippen molar-refractivity contribution >= 4 is 27.9 Å². The molecule has 0 atom stereocenters. The summed E-state index contributed by atoms with van der Waals surface area (Å²) in [5.41, 5.74) is 0.527. The number of benzene rings is 1. The number of rotatable bonds is 2. The van der Waals surface area contributed by atoms with E-state index in [4.69, 9.17) is 16.7 Å². The molecule has 0 heterocycles. The average Bonchev–Trinajstić information content (AvgIpc) is 2.16. The van der Waals surface area contributed by atoms with Gasteiger partial charge in [0.15, 0.2) is 0 Å². The van der Waals surface area contributed by atoms with Crippen molar-refractivity contribution in [1.82, 2.24) is 0 Å². The van der Waals surface area contributed by atoms with Gasteiger partial charge in [0, 0.05) is 5.56 Å². The van der Waals surface area contributed by atoms with Crippen LogP contribution in [-0.4, -0.2) is 14.7 Å². The van der Waals surface area contributed by atoms with E-state index < -0.39 is 10.0 Å². The van der Waals surface area contributed by atoms with Gasteiger partial charge in [0.25, 0.3) is 0 Å². The Morgan fingerprint density at radius 3 is 2.62 bits per heavy atom. The zero-order chi connectivity index (χ0) is 12.2. The monoisotopic (exact) mass is 257 g/mol. The Morgan fingerprint density at radius 1 is 1.44 bits per heavy atom. The molecular weight excluding hydrogens is 250 g/mol. The molecule has 2 N–H and O–H groups in total. The van der Waals surface area contributed by atoms with Crippen LogP contribution in [0.15, 0.2) is 23.1 Å². The average molecular weight is 258 g/mol. The minimum Gasteiger partial charge on any atom is -0.302 e. The summed E-state index contributed by atoms with van der Waals surface area (Å²) in [5.74, 6) is 5.24. The number of carbonyl (C=O) groups excluding carboxylic acids is 1. The lowest BCUT2D eigenvalue weighted by atomic mass is 10.2. The lowest BCUT2D eigenvalue weighted by Crippen LogP contribution is -2.12. The maximum absolute atomic E-state index is 11.0. The first-order valence-corrected chi connectivity index (χ1v) is 6.12. The molecule has 1 aromatic carbocycles. The van der Waals surface area contributed by atoms with Crippen molar-refractivity contribution in [2.45, 2.75) is 11.3 Å². The molecular formula is C10H8ClNO3S. The van der Waals surface area contributed by atoms with Gasteiger partial charge in [-0.3, -0.25) is 0 Å². The molecule has 0 aromatic heterocycles. The van der Waals surface area contributed by atoms with Crippen LogP contribution in [0.4, 0.5) is 0 Å². The van der Waals surface area contributed by atoms with Crippen molar-refractivity contribution in [2.75, 3.05) is 0 Å². The Labute approximate surface area is 98.5 Å². The Kier molecular flexibility index (Phi) is 4.07. The maximum atomic E-state index is 11.0. The third-order valence-corrected chi connectivity index (χ3v) is 3.05. The van der Waals surface area contributed by atoms with Gasteiger partial charge in [0.2, 0.25) is 10.0 Å². The van der Waals surface area contributed by atoms with E-state index in [0.29, 0.717) is 11.8 Å². The summed E-state index contributed by atoms with van der Waals surface area (Å²) >= 11 is 5.73. The molecule has 1 rings (SSSR count). The predicted octanol–water partition coefficient (Wildman–Crippen LogP) is 0.928. The zero-order valence-electron chi connectivity index (χ0n) is 8.10. The van der Waals surface area contributed by atoms with Crippen LogP contribution in [0.2, 0.25) is 5.02 Å². The fraction of sp³-hybridized carbons (Fsp3) is 0.100. The number of nitrogens with two attached hydrogens (primary N) is 1. The summed E-state index contributed by atoms with van der Waals surface area (Å²) in [4.78, 5) is 9.88. The van der Waals surface area contributed by atoms with Gasteiger partial charge in [-0.2, -0.15) is 0 Å². The van der Waals surface area contributed by atoms with Gasteiger partial charge in [-0.1, -0.05) is 23.4 Å². The van der Waals surface area contributed by atoms with Gasteiger partial charge in [0.1, 0.15) is 11.2 Å². The van der Waals surface area contributed by atoms with E-state index in [1.807, 2.05) is 0 Å². The van der Waals surface area contributed by atoms with Crippen LogP contribution in [0.3, 0.4) is 0 Å². The maximum Gasteiger partial charge on any atom is 0.239 e. The molecule has 16 heavy (non-hydrogen) atoms. The molecule has 0 radical (unpaired) electrons. The summed E-state index contributed by atoms with van der Waals surface area (Å²) in [6.07, 6.45) is 0.794. The van der Waals surface area contributed by atoms with Crippen molar-refractivity contribution < 1.29 is 13.2 Å². The van der Waals surface area contributed by atoms with Crippen LogP contribution >= 0.6 is 11.6 Å². The quantitative estimate of drug-likeness (QED) is 0.632. The fourth-order valence-corrected chi connectivity index (χ4v) is 2.10. The van der Waals surface area contributed by atoms with Gasteiger partial charge in [-0.15, -0.1) is 0 Å². The third-order valence-electron chi connectivity index (χ3n) is 1.66. The second kappa shape index (κ2) is 5.12. The molecule has 4 nitrogen and oxygen atoms in total. The van der Waals surface area contributed by atoms with E-state index in [0.717, 1.165) is 0 Å². The Bertz CT molecular complexity index is 569. The SMILES string of the molecule is NS(=O)(=O)c1ccc(C#CCC=O)cc1Cl. The second-order valence-electron chi connectivity index (χ2n) is 2.86. The molecule has 0 saturated carbocycles. The number of hydrogen-bond donors (Lipinski definition) is 1. The molecule has 0 saturated heterocycles. The van der Waals surface area contributed by atoms with E-state index in [9.17, 15) is 13.2 Å². The summed E-state index contributed by atoms with van der Waals surface area (Å²) < 4.78 is 22.1. The molecule has 0 fully saturated rings. The number of aldehydes is 1. The van der Waals surface area contributed by atoms with Gasteiger partial charge in [-0.25, -0.2) is 13.6 Å². The first kappa shape index (κ1) is 12.7. The molecule has 0 aliphatic carbocycles. The summed E-state index contributed by atoms with van der Waals surface area (Å²) in [7, 11) is -3.81. The molecule has 0 aliphatic rings. The van der Waals surface area contributed by atoms with Gasteiger partial charge in [-0.05, 0) is 18.2 Å². The number of carbonyl (C=O) groups is 1. The number of primary sulfonamides is 1. The Balaban J connectivity index is 3.11. The predicted molar refractivity (Wildman–Crippen MR) is 60.4 cm³/mol. The Morgan fingerprint density at radius 2 is 2.12 bits per heavy atom. The third kappa shape index (κ3) is 3.35. The van der Waals surface area contributed by atoms with Crippen molar-refractivity contribution in [1.29, 1.82) is 0 Å². The van der Waals surface area contributed by atoms with Crippen molar-refractivity contribution in [3.8, 4) is 11.8 Å². The van der Waals surface area contributed by atoms with Crippen molar-refractivity contribution in [3.63, 3.8) is 0 Å². The zero-order valence-corrected chi connectivity index (χ0v) is 9.68. The van der Waals surface area contributed by atoms with Gasteiger partial charge >= 0.3 is 0 Å². The standard InChI is InChI=1S/C10H8ClNO3S/c11-9-7-8(3-1-2-6-13)4-5-10(9)16(12,14)15/h4-7H,2H2,(H2,12,14,15). The van der Waals surface area contributed by atoms with Gasteiger partial charge < -0.3 is 4.79 Å². The lowest BCUT2D eigenvalue weighted by molar-refractivity contribution is -0.107.